The summed E-state index contributed by atoms with van der Waals surface area (Å²) in [6, 6.07) is 9.29. The Kier molecular flexibility index (Phi) is 4.65. The van der Waals surface area contributed by atoms with Gasteiger partial charge in [-0.3, -0.25) is 0 Å². The van der Waals surface area contributed by atoms with Gasteiger partial charge in [-0.1, -0.05) is 32.0 Å². The first kappa shape index (κ1) is 13.4. The Morgan fingerprint density at radius 2 is 1.94 bits per heavy atom. The van der Waals surface area contributed by atoms with Gasteiger partial charge in [0.2, 0.25) is 0 Å². The minimum Gasteiger partial charge on any atom is -0.371 e. The first-order chi connectivity index (χ1) is 8.72. The highest BCUT2D eigenvalue weighted by Crippen LogP contribution is 2.29. The standard InChI is InChI=1S/C16H26N2/c1-4-17-14(3)15-7-5-6-8-16(15)18-11-9-13(2)10-12-18/h5-8,13-14,17H,4,9-12H2,1-3H3. The predicted molar refractivity (Wildman–Crippen MR) is 79.1 cm³/mol. The highest BCUT2D eigenvalue weighted by molar-refractivity contribution is 5.55. The van der Waals surface area contributed by atoms with Crippen molar-refractivity contribution in [3.8, 4) is 0 Å². The smallest absolute Gasteiger partial charge is 0.0414 e. The Labute approximate surface area is 111 Å². The molecule has 0 bridgehead atoms. The minimum absolute atomic E-state index is 0.436. The Morgan fingerprint density at radius 1 is 1.28 bits per heavy atom. The molecular formula is C16H26N2. The van der Waals surface area contributed by atoms with Gasteiger partial charge in [-0.15, -0.1) is 0 Å². The van der Waals surface area contributed by atoms with Crippen LogP contribution in [-0.2, 0) is 0 Å². The van der Waals surface area contributed by atoms with Crippen LogP contribution in [0.15, 0.2) is 24.3 Å². The number of hydrogen-bond donors (Lipinski definition) is 1. The van der Waals surface area contributed by atoms with Crippen LogP contribution in [0.2, 0.25) is 0 Å². The second kappa shape index (κ2) is 6.24. The van der Waals surface area contributed by atoms with Crippen molar-refractivity contribution in [3.05, 3.63) is 29.8 Å². The highest BCUT2D eigenvalue weighted by atomic mass is 15.1. The second-order valence-corrected chi connectivity index (χ2v) is 5.51. The van der Waals surface area contributed by atoms with E-state index in [1.807, 2.05) is 0 Å². The maximum Gasteiger partial charge on any atom is 0.0414 e. The van der Waals surface area contributed by atoms with E-state index in [9.17, 15) is 0 Å². The molecule has 0 aliphatic carbocycles. The van der Waals surface area contributed by atoms with E-state index in [1.165, 1.54) is 37.2 Å². The molecule has 1 fully saturated rings. The van der Waals surface area contributed by atoms with Crippen LogP contribution in [0.25, 0.3) is 0 Å². The molecule has 0 saturated carbocycles. The zero-order valence-electron chi connectivity index (χ0n) is 11.9. The van der Waals surface area contributed by atoms with E-state index >= 15 is 0 Å². The van der Waals surface area contributed by atoms with Crippen LogP contribution < -0.4 is 10.2 Å². The van der Waals surface area contributed by atoms with Crippen molar-refractivity contribution in [1.29, 1.82) is 0 Å². The van der Waals surface area contributed by atoms with Crippen LogP contribution in [-0.4, -0.2) is 19.6 Å². The van der Waals surface area contributed by atoms with Gasteiger partial charge < -0.3 is 10.2 Å². The molecule has 1 aliphatic rings. The molecule has 1 N–H and O–H groups in total. The Bertz CT molecular complexity index is 367. The van der Waals surface area contributed by atoms with E-state index in [2.05, 4.69) is 55.3 Å². The van der Waals surface area contributed by atoms with Crippen LogP contribution in [0, 0.1) is 5.92 Å². The second-order valence-electron chi connectivity index (χ2n) is 5.51. The van der Waals surface area contributed by atoms with Crippen LogP contribution >= 0.6 is 0 Å². The molecule has 2 rings (SSSR count). The normalized spacial score (nSPS) is 18.9. The SMILES string of the molecule is CCNC(C)c1ccccc1N1CCC(C)CC1. The molecule has 1 heterocycles. The van der Waals surface area contributed by atoms with E-state index in [4.69, 9.17) is 0 Å². The van der Waals surface area contributed by atoms with Crippen molar-refractivity contribution in [2.75, 3.05) is 24.5 Å². The van der Waals surface area contributed by atoms with Gasteiger partial charge in [0.05, 0.1) is 0 Å². The largest absolute Gasteiger partial charge is 0.371 e. The van der Waals surface area contributed by atoms with E-state index in [0.29, 0.717) is 6.04 Å². The molecule has 100 valence electrons. The van der Waals surface area contributed by atoms with Gasteiger partial charge in [-0.2, -0.15) is 0 Å². The first-order valence-corrected chi connectivity index (χ1v) is 7.29. The van der Waals surface area contributed by atoms with Gasteiger partial charge >= 0.3 is 0 Å². The number of benzene rings is 1. The maximum atomic E-state index is 3.52. The molecule has 0 radical (unpaired) electrons. The van der Waals surface area contributed by atoms with Gasteiger partial charge in [0, 0.05) is 24.8 Å². The summed E-state index contributed by atoms with van der Waals surface area (Å²) in [5.74, 6) is 0.889. The lowest BCUT2D eigenvalue weighted by molar-refractivity contribution is 0.437. The van der Waals surface area contributed by atoms with Crippen molar-refractivity contribution in [3.63, 3.8) is 0 Å². The summed E-state index contributed by atoms with van der Waals surface area (Å²) >= 11 is 0. The molecule has 2 heteroatoms. The fraction of sp³-hybridized carbons (Fsp3) is 0.625. The number of nitrogens with one attached hydrogen (secondary N) is 1. The molecule has 1 atom stereocenters. The van der Waals surface area contributed by atoms with Gasteiger partial charge in [0.15, 0.2) is 0 Å². The number of rotatable bonds is 4. The Hall–Kier alpha value is -1.02. The van der Waals surface area contributed by atoms with Gasteiger partial charge in [0.25, 0.3) is 0 Å². The fourth-order valence-corrected chi connectivity index (χ4v) is 2.81. The first-order valence-electron chi connectivity index (χ1n) is 7.29. The molecule has 2 nitrogen and oxygen atoms in total. The quantitative estimate of drug-likeness (QED) is 0.873. The van der Waals surface area contributed by atoms with E-state index in [0.717, 1.165) is 12.5 Å². The van der Waals surface area contributed by atoms with Crippen LogP contribution in [0.1, 0.15) is 45.2 Å². The third-order valence-electron chi connectivity index (χ3n) is 4.04. The highest BCUT2D eigenvalue weighted by Gasteiger charge is 2.19. The molecule has 1 aromatic carbocycles. The van der Waals surface area contributed by atoms with E-state index < -0.39 is 0 Å². The van der Waals surface area contributed by atoms with Crippen molar-refractivity contribution in [2.24, 2.45) is 5.92 Å². The van der Waals surface area contributed by atoms with Gasteiger partial charge in [-0.25, -0.2) is 0 Å². The summed E-state index contributed by atoms with van der Waals surface area (Å²) < 4.78 is 0. The van der Waals surface area contributed by atoms with E-state index in [-0.39, 0.29) is 0 Å². The molecule has 0 aromatic heterocycles. The lowest BCUT2D eigenvalue weighted by Gasteiger charge is -2.34. The lowest BCUT2D eigenvalue weighted by Crippen LogP contribution is -2.34. The fourth-order valence-electron chi connectivity index (χ4n) is 2.81. The molecule has 0 amide bonds. The van der Waals surface area contributed by atoms with Crippen molar-refractivity contribution >= 4 is 5.69 Å². The van der Waals surface area contributed by atoms with E-state index in [1.54, 1.807) is 0 Å². The monoisotopic (exact) mass is 246 g/mol. The number of piperidine rings is 1. The average Bonchev–Trinajstić information content (AvgIpc) is 2.40. The predicted octanol–water partition coefficient (Wildman–Crippen LogP) is 3.59. The molecule has 0 spiro atoms. The summed E-state index contributed by atoms with van der Waals surface area (Å²) in [6.45, 7) is 10.2. The molecule has 1 aliphatic heterocycles. The molecule has 1 aromatic rings. The van der Waals surface area contributed by atoms with Crippen molar-refractivity contribution < 1.29 is 0 Å². The van der Waals surface area contributed by atoms with Crippen LogP contribution in [0.3, 0.4) is 0 Å². The molecule has 1 unspecified atom stereocenters. The Balaban J connectivity index is 2.16. The molecular weight excluding hydrogens is 220 g/mol. The van der Waals surface area contributed by atoms with Crippen molar-refractivity contribution in [1.82, 2.24) is 5.32 Å². The maximum absolute atomic E-state index is 3.52. The van der Waals surface area contributed by atoms with Crippen molar-refractivity contribution in [2.45, 2.75) is 39.7 Å². The summed E-state index contributed by atoms with van der Waals surface area (Å²) in [5.41, 5.74) is 2.87. The van der Waals surface area contributed by atoms with Crippen LogP contribution in [0.5, 0.6) is 0 Å². The third-order valence-corrected chi connectivity index (χ3v) is 4.04. The topological polar surface area (TPSA) is 15.3 Å². The summed E-state index contributed by atoms with van der Waals surface area (Å²) in [6.07, 6.45) is 2.65. The number of para-hydroxylation sites is 1. The number of hydrogen-bond acceptors (Lipinski definition) is 2. The summed E-state index contributed by atoms with van der Waals surface area (Å²) in [4.78, 5) is 2.56. The summed E-state index contributed by atoms with van der Waals surface area (Å²) in [5, 5.41) is 3.52. The van der Waals surface area contributed by atoms with Gasteiger partial charge in [-0.05, 0) is 43.9 Å². The zero-order valence-corrected chi connectivity index (χ0v) is 11.9. The summed E-state index contributed by atoms with van der Waals surface area (Å²) in [7, 11) is 0. The zero-order chi connectivity index (χ0) is 13.0. The Morgan fingerprint density at radius 3 is 2.61 bits per heavy atom. The molecule has 18 heavy (non-hydrogen) atoms. The average molecular weight is 246 g/mol. The van der Waals surface area contributed by atoms with Crippen LogP contribution in [0.4, 0.5) is 5.69 Å². The lowest BCUT2D eigenvalue weighted by atomic mass is 9.97. The number of nitrogens with zero attached hydrogens (tertiary/aromatic N) is 1. The third kappa shape index (κ3) is 3.05. The minimum atomic E-state index is 0.436. The van der Waals surface area contributed by atoms with Gasteiger partial charge in [0.1, 0.15) is 0 Å². The molecule has 1 saturated heterocycles. The number of anilines is 1.